The van der Waals surface area contributed by atoms with Crippen molar-refractivity contribution < 1.29 is 34.1 Å². The second-order valence-electron chi connectivity index (χ2n) is 5.87. The fourth-order valence-corrected chi connectivity index (χ4v) is 3.35. The highest BCUT2D eigenvalue weighted by Gasteiger charge is 2.57. The van der Waals surface area contributed by atoms with Gasteiger partial charge in [-0.25, -0.2) is 4.79 Å². The zero-order chi connectivity index (χ0) is 17.5. The lowest BCUT2D eigenvalue weighted by atomic mass is 9.77. The van der Waals surface area contributed by atoms with E-state index in [0.29, 0.717) is 6.42 Å². The molecule has 1 heterocycles. The maximum Gasteiger partial charge on any atom is 0.331 e. The van der Waals surface area contributed by atoms with Gasteiger partial charge in [0.15, 0.2) is 5.60 Å². The van der Waals surface area contributed by atoms with Gasteiger partial charge in [0.05, 0.1) is 12.7 Å². The van der Waals surface area contributed by atoms with Crippen LogP contribution in [0.4, 0.5) is 0 Å². The monoisotopic (exact) mass is 332 g/mol. The summed E-state index contributed by atoms with van der Waals surface area (Å²) in [6.07, 6.45) is 1.82. The van der Waals surface area contributed by atoms with Gasteiger partial charge in [0.25, 0.3) is 0 Å². The van der Waals surface area contributed by atoms with E-state index in [1.165, 1.54) is 31.4 Å². The minimum atomic E-state index is -1.66. The topological polar surface area (TPSA) is 110 Å². The Morgan fingerprint density at radius 2 is 2.12 bits per heavy atom. The number of phenolic OH excluding ortho intramolecular Hbond substituents is 1. The number of carboxylic acids is 1. The molecule has 0 amide bonds. The standard InChI is InChI=1S/C17H16O7/c1-23-16(22)12-4-2-3-9(15(20)21)8-17(12)14(19)11-7-10(18)5-6-13(11)24-17/h3,5-7,12,18H,2,4,8H2,1H3,(H,20,21). The number of carbonyl (C=O) groups is 3. The Morgan fingerprint density at radius 3 is 2.79 bits per heavy atom. The molecule has 0 fully saturated rings. The Labute approximate surface area is 137 Å². The molecular formula is C17H16O7. The maximum absolute atomic E-state index is 13.0. The van der Waals surface area contributed by atoms with Gasteiger partial charge in [0, 0.05) is 12.0 Å². The summed E-state index contributed by atoms with van der Waals surface area (Å²) in [6.45, 7) is 0. The van der Waals surface area contributed by atoms with E-state index >= 15 is 0 Å². The number of methoxy groups -OCH3 is 1. The molecule has 126 valence electrons. The van der Waals surface area contributed by atoms with E-state index in [1.807, 2.05) is 0 Å². The van der Waals surface area contributed by atoms with Gasteiger partial charge in [-0.15, -0.1) is 0 Å². The number of benzene rings is 1. The van der Waals surface area contributed by atoms with Crippen LogP contribution in [0.5, 0.6) is 11.5 Å². The number of ketones is 1. The molecule has 24 heavy (non-hydrogen) atoms. The maximum atomic E-state index is 13.0. The highest BCUT2D eigenvalue weighted by Crippen LogP contribution is 2.47. The number of carbonyl (C=O) groups excluding carboxylic acids is 2. The van der Waals surface area contributed by atoms with Gasteiger partial charge < -0.3 is 19.7 Å². The van der Waals surface area contributed by atoms with Crippen LogP contribution in [0.25, 0.3) is 0 Å². The Balaban J connectivity index is 2.12. The molecular weight excluding hydrogens is 316 g/mol. The van der Waals surface area contributed by atoms with E-state index in [9.17, 15) is 24.6 Å². The molecule has 7 nitrogen and oxygen atoms in total. The number of fused-ring (bicyclic) bond motifs is 1. The average Bonchev–Trinajstić information content (AvgIpc) is 2.72. The smallest absolute Gasteiger partial charge is 0.331 e. The summed E-state index contributed by atoms with van der Waals surface area (Å²) >= 11 is 0. The summed E-state index contributed by atoms with van der Waals surface area (Å²) in [5, 5.41) is 19.0. The van der Waals surface area contributed by atoms with E-state index in [-0.39, 0.29) is 35.5 Å². The molecule has 7 heteroatoms. The number of esters is 1. The molecule has 1 aromatic rings. The fraction of sp³-hybridized carbons (Fsp3) is 0.353. The number of ether oxygens (including phenoxy) is 2. The predicted octanol–water partition coefficient (Wildman–Crippen LogP) is 1.69. The summed E-state index contributed by atoms with van der Waals surface area (Å²) in [7, 11) is 1.21. The summed E-state index contributed by atoms with van der Waals surface area (Å²) < 4.78 is 10.6. The molecule has 2 aliphatic rings. The summed E-state index contributed by atoms with van der Waals surface area (Å²) in [4.78, 5) is 36.7. The van der Waals surface area contributed by atoms with Crippen molar-refractivity contribution in [2.75, 3.05) is 7.11 Å². The first kappa shape index (κ1) is 16.0. The first-order valence-corrected chi connectivity index (χ1v) is 7.46. The van der Waals surface area contributed by atoms with E-state index in [1.54, 1.807) is 0 Å². The predicted molar refractivity (Wildman–Crippen MR) is 80.9 cm³/mol. The third kappa shape index (κ3) is 2.33. The molecule has 0 saturated heterocycles. The molecule has 2 N–H and O–H groups in total. The number of phenols is 1. The van der Waals surface area contributed by atoms with Crippen LogP contribution < -0.4 is 4.74 Å². The fourth-order valence-electron chi connectivity index (χ4n) is 3.35. The van der Waals surface area contributed by atoms with Crippen molar-refractivity contribution in [2.45, 2.75) is 24.9 Å². The summed E-state index contributed by atoms with van der Waals surface area (Å²) in [6, 6.07) is 4.05. The van der Waals surface area contributed by atoms with E-state index in [4.69, 9.17) is 9.47 Å². The summed E-state index contributed by atoms with van der Waals surface area (Å²) in [5.74, 6) is -3.12. The number of hydrogen-bond acceptors (Lipinski definition) is 6. The van der Waals surface area contributed by atoms with Crippen molar-refractivity contribution in [3.63, 3.8) is 0 Å². The van der Waals surface area contributed by atoms with Gasteiger partial charge in [-0.1, -0.05) is 6.08 Å². The van der Waals surface area contributed by atoms with Crippen LogP contribution in [-0.4, -0.2) is 40.6 Å². The zero-order valence-corrected chi connectivity index (χ0v) is 12.9. The number of aromatic hydroxyl groups is 1. The quantitative estimate of drug-likeness (QED) is 0.793. The van der Waals surface area contributed by atoms with Crippen molar-refractivity contribution in [3.05, 3.63) is 35.4 Å². The lowest BCUT2D eigenvalue weighted by Crippen LogP contribution is -2.51. The van der Waals surface area contributed by atoms with E-state index < -0.39 is 29.2 Å². The largest absolute Gasteiger partial charge is 0.508 e. The summed E-state index contributed by atoms with van der Waals surface area (Å²) in [5.41, 5.74) is -1.51. The molecule has 1 aliphatic heterocycles. The molecule has 0 saturated carbocycles. The Bertz CT molecular complexity index is 764. The molecule has 2 unspecified atom stereocenters. The number of Topliss-reactive ketones (excluding diaryl/α,β-unsaturated/α-hetero) is 1. The first-order chi connectivity index (χ1) is 11.4. The van der Waals surface area contributed by atoms with Crippen molar-refractivity contribution in [1.82, 2.24) is 0 Å². The van der Waals surface area contributed by atoms with Gasteiger partial charge in [-0.2, -0.15) is 0 Å². The molecule has 2 atom stereocenters. The van der Waals surface area contributed by atoms with Crippen LogP contribution in [0.15, 0.2) is 29.8 Å². The highest BCUT2D eigenvalue weighted by atomic mass is 16.5. The van der Waals surface area contributed by atoms with Crippen molar-refractivity contribution >= 4 is 17.7 Å². The van der Waals surface area contributed by atoms with Crippen LogP contribution in [0, 0.1) is 5.92 Å². The number of aliphatic carboxylic acids is 1. The van der Waals surface area contributed by atoms with Gasteiger partial charge in [-0.05, 0) is 31.0 Å². The van der Waals surface area contributed by atoms with Crippen molar-refractivity contribution in [2.24, 2.45) is 5.92 Å². The minimum Gasteiger partial charge on any atom is -0.508 e. The van der Waals surface area contributed by atoms with Crippen LogP contribution in [0.2, 0.25) is 0 Å². The van der Waals surface area contributed by atoms with E-state index in [2.05, 4.69) is 0 Å². The van der Waals surface area contributed by atoms with Crippen LogP contribution in [-0.2, 0) is 14.3 Å². The third-order valence-electron chi connectivity index (χ3n) is 4.51. The van der Waals surface area contributed by atoms with E-state index in [0.717, 1.165) is 0 Å². The van der Waals surface area contributed by atoms with Crippen molar-refractivity contribution in [1.29, 1.82) is 0 Å². The molecule has 0 radical (unpaired) electrons. The second kappa shape index (κ2) is 5.67. The molecule has 3 rings (SSSR count). The number of allylic oxidation sites excluding steroid dienone is 1. The molecule has 0 aromatic heterocycles. The highest BCUT2D eigenvalue weighted by molar-refractivity contribution is 6.10. The minimum absolute atomic E-state index is 0.0202. The third-order valence-corrected chi connectivity index (χ3v) is 4.51. The first-order valence-electron chi connectivity index (χ1n) is 7.46. The van der Waals surface area contributed by atoms with Gasteiger partial charge in [-0.3, -0.25) is 9.59 Å². The lowest BCUT2D eigenvalue weighted by molar-refractivity contribution is -0.152. The Kier molecular flexibility index (Phi) is 3.79. The van der Waals surface area contributed by atoms with Gasteiger partial charge in [0.1, 0.15) is 17.4 Å². The Morgan fingerprint density at radius 1 is 1.38 bits per heavy atom. The number of hydrogen-bond donors (Lipinski definition) is 2. The molecule has 1 aliphatic carbocycles. The van der Waals surface area contributed by atoms with Gasteiger partial charge in [0.2, 0.25) is 5.78 Å². The molecule has 1 aromatic carbocycles. The SMILES string of the molecule is COC(=O)C1CCC=C(C(=O)O)CC12Oc1ccc(O)cc1C2=O. The van der Waals surface area contributed by atoms with Crippen molar-refractivity contribution in [3.8, 4) is 11.5 Å². The normalized spacial score (nSPS) is 25.5. The lowest BCUT2D eigenvalue weighted by Gasteiger charge is -2.32. The van der Waals surface area contributed by atoms with Gasteiger partial charge >= 0.3 is 11.9 Å². The molecule has 0 bridgehead atoms. The number of rotatable bonds is 2. The molecule has 1 spiro atoms. The second-order valence-corrected chi connectivity index (χ2v) is 5.87. The Hall–Kier alpha value is -2.83. The van der Waals surface area contributed by atoms with Crippen LogP contribution in [0.3, 0.4) is 0 Å². The average molecular weight is 332 g/mol. The van der Waals surface area contributed by atoms with Crippen LogP contribution in [0.1, 0.15) is 29.6 Å². The number of carboxylic acid groups (broad SMARTS) is 1. The van der Waals surface area contributed by atoms with Crippen LogP contribution >= 0.6 is 0 Å². The zero-order valence-electron chi connectivity index (χ0n) is 12.9.